The molecule has 0 aromatic heterocycles. The molecule has 1 saturated heterocycles. The maximum Gasteiger partial charge on any atom is 0.127 e. The van der Waals surface area contributed by atoms with Crippen LogP contribution < -0.4 is 5.73 Å². The second kappa shape index (κ2) is 5.73. The van der Waals surface area contributed by atoms with Gasteiger partial charge in [-0.3, -0.25) is 4.90 Å². The molecule has 1 aromatic carbocycles. The standard InChI is InChI=1S/C13H17FN2OS/c14-12-4-3-9(13(15)18)6-10(12)7-16-5-1-2-11(17)8-16/h3-4,6,11,17H,1-2,5,7-8H2,(H2,15,18). The Kier molecular flexibility index (Phi) is 4.27. The van der Waals surface area contributed by atoms with Crippen LogP contribution in [0, 0.1) is 5.82 Å². The van der Waals surface area contributed by atoms with Crippen molar-refractivity contribution in [3.05, 3.63) is 35.1 Å². The minimum atomic E-state index is -0.305. The Labute approximate surface area is 111 Å². The third kappa shape index (κ3) is 3.25. The summed E-state index contributed by atoms with van der Waals surface area (Å²) in [7, 11) is 0. The van der Waals surface area contributed by atoms with Gasteiger partial charge in [0.15, 0.2) is 0 Å². The molecule has 0 aliphatic carbocycles. The second-order valence-corrected chi connectivity index (χ2v) is 5.14. The predicted octanol–water partition coefficient (Wildman–Crippen LogP) is 1.42. The molecule has 0 bridgehead atoms. The Morgan fingerprint density at radius 2 is 2.33 bits per heavy atom. The lowest BCUT2D eigenvalue weighted by Gasteiger charge is -2.30. The van der Waals surface area contributed by atoms with Crippen LogP contribution in [-0.2, 0) is 6.54 Å². The smallest absolute Gasteiger partial charge is 0.127 e. The first-order valence-corrected chi connectivity index (χ1v) is 6.45. The van der Waals surface area contributed by atoms with E-state index in [0.717, 1.165) is 19.4 Å². The lowest BCUT2D eigenvalue weighted by Crippen LogP contribution is -2.37. The van der Waals surface area contributed by atoms with Crippen LogP contribution in [-0.4, -0.2) is 34.2 Å². The monoisotopic (exact) mass is 268 g/mol. The van der Waals surface area contributed by atoms with Crippen LogP contribution in [0.1, 0.15) is 24.0 Å². The maximum absolute atomic E-state index is 13.7. The highest BCUT2D eigenvalue weighted by atomic mass is 32.1. The van der Waals surface area contributed by atoms with E-state index in [1.165, 1.54) is 6.07 Å². The van der Waals surface area contributed by atoms with E-state index in [4.69, 9.17) is 18.0 Å². The molecular formula is C13H17FN2OS. The van der Waals surface area contributed by atoms with Crippen LogP contribution in [0.4, 0.5) is 4.39 Å². The molecule has 0 spiro atoms. The van der Waals surface area contributed by atoms with E-state index < -0.39 is 0 Å². The van der Waals surface area contributed by atoms with Gasteiger partial charge in [0.1, 0.15) is 10.8 Å². The molecule has 18 heavy (non-hydrogen) atoms. The minimum Gasteiger partial charge on any atom is -0.392 e. The second-order valence-electron chi connectivity index (χ2n) is 4.70. The first-order chi connectivity index (χ1) is 8.56. The fourth-order valence-electron chi connectivity index (χ4n) is 2.26. The molecule has 3 nitrogen and oxygen atoms in total. The number of nitrogens with two attached hydrogens (primary N) is 1. The van der Waals surface area contributed by atoms with Gasteiger partial charge in [-0.05, 0) is 37.6 Å². The molecule has 0 amide bonds. The molecule has 1 aliphatic rings. The van der Waals surface area contributed by atoms with Gasteiger partial charge >= 0.3 is 0 Å². The molecule has 1 aromatic rings. The van der Waals surface area contributed by atoms with Gasteiger partial charge in [-0.2, -0.15) is 0 Å². The molecule has 5 heteroatoms. The van der Waals surface area contributed by atoms with E-state index in [2.05, 4.69) is 4.90 Å². The third-order valence-corrected chi connectivity index (χ3v) is 3.44. The quantitative estimate of drug-likeness (QED) is 0.814. The van der Waals surface area contributed by atoms with E-state index in [-0.39, 0.29) is 16.9 Å². The van der Waals surface area contributed by atoms with Crippen LogP contribution in [0.25, 0.3) is 0 Å². The van der Waals surface area contributed by atoms with Crippen molar-refractivity contribution >= 4 is 17.2 Å². The molecule has 0 radical (unpaired) electrons. The predicted molar refractivity (Wildman–Crippen MR) is 72.8 cm³/mol. The number of hydrogen-bond donors (Lipinski definition) is 2. The Morgan fingerprint density at radius 1 is 1.56 bits per heavy atom. The number of benzene rings is 1. The van der Waals surface area contributed by atoms with E-state index in [1.807, 2.05) is 0 Å². The highest BCUT2D eigenvalue weighted by Gasteiger charge is 2.19. The van der Waals surface area contributed by atoms with Crippen LogP contribution in [0.15, 0.2) is 18.2 Å². The van der Waals surface area contributed by atoms with Crippen LogP contribution in [0.2, 0.25) is 0 Å². The topological polar surface area (TPSA) is 49.5 Å². The Bertz CT molecular complexity index is 453. The Hall–Kier alpha value is -1.04. The molecule has 0 saturated carbocycles. The minimum absolute atomic E-state index is 0.255. The summed E-state index contributed by atoms with van der Waals surface area (Å²) in [6.07, 6.45) is 1.46. The molecule has 98 valence electrons. The normalized spacial score (nSPS) is 20.9. The summed E-state index contributed by atoms with van der Waals surface area (Å²) >= 11 is 4.89. The average Bonchev–Trinajstić information content (AvgIpc) is 2.31. The molecule has 1 aliphatic heterocycles. The maximum atomic E-state index is 13.7. The fourth-order valence-corrected chi connectivity index (χ4v) is 2.39. The molecule has 1 unspecified atom stereocenters. The SMILES string of the molecule is NC(=S)c1ccc(F)c(CN2CCCC(O)C2)c1. The summed E-state index contributed by atoms with van der Waals surface area (Å²) < 4.78 is 13.7. The third-order valence-electron chi connectivity index (χ3n) is 3.20. The average molecular weight is 268 g/mol. The number of aliphatic hydroxyl groups excluding tert-OH is 1. The van der Waals surface area contributed by atoms with Gasteiger partial charge < -0.3 is 10.8 Å². The molecule has 1 heterocycles. The number of thiocarbonyl (C=S) groups is 1. The molecular weight excluding hydrogens is 251 g/mol. The van der Waals surface area contributed by atoms with Crippen molar-refractivity contribution in [1.82, 2.24) is 4.90 Å². The zero-order chi connectivity index (χ0) is 13.1. The first-order valence-electron chi connectivity index (χ1n) is 6.05. The summed E-state index contributed by atoms with van der Waals surface area (Å²) in [6.45, 7) is 1.96. The van der Waals surface area contributed by atoms with Crippen molar-refractivity contribution in [3.63, 3.8) is 0 Å². The van der Waals surface area contributed by atoms with E-state index in [1.54, 1.807) is 12.1 Å². The molecule has 1 fully saturated rings. The zero-order valence-corrected chi connectivity index (χ0v) is 10.9. The number of likely N-dealkylation sites (tertiary alicyclic amines) is 1. The first kappa shape index (κ1) is 13.4. The van der Waals surface area contributed by atoms with Crippen molar-refractivity contribution in [2.45, 2.75) is 25.5 Å². The number of β-amino-alcohol motifs (C(OH)–C–C–N with tert-alkyl or cyclic N) is 1. The van der Waals surface area contributed by atoms with Gasteiger partial charge in [0, 0.05) is 24.2 Å². The Morgan fingerprint density at radius 3 is 3.00 bits per heavy atom. The van der Waals surface area contributed by atoms with Crippen LogP contribution >= 0.6 is 12.2 Å². The van der Waals surface area contributed by atoms with Crippen molar-refractivity contribution in [2.75, 3.05) is 13.1 Å². The van der Waals surface area contributed by atoms with Gasteiger partial charge in [0.2, 0.25) is 0 Å². The molecule has 1 atom stereocenters. The summed E-state index contributed by atoms with van der Waals surface area (Å²) in [5, 5.41) is 9.59. The summed E-state index contributed by atoms with van der Waals surface area (Å²) in [5.74, 6) is -0.255. The number of nitrogens with zero attached hydrogens (tertiary/aromatic N) is 1. The van der Waals surface area contributed by atoms with Crippen molar-refractivity contribution in [2.24, 2.45) is 5.73 Å². The van der Waals surface area contributed by atoms with Crippen molar-refractivity contribution in [1.29, 1.82) is 0 Å². The van der Waals surface area contributed by atoms with E-state index in [9.17, 15) is 9.50 Å². The number of rotatable bonds is 3. The summed E-state index contributed by atoms with van der Waals surface area (Å²) in [5.41, 5.74) is 6.80. The highest BCUT2D eigenvalue weighted by molar-refractivity contribution is 7.80. The van der Waals surface area contributed by atoms with Gasteiger partial charge in [0.05, 0.1) is 6.10 Å². The van der Waals surface area contributed by atoms with Crippen molar-refractivity contribution < 1.29 is 9.50 Å². The Balaban J connectivity index is 2.12. The number of aliphatic hydroxyl groups is 1. The van der Waals surface area contributed by atoms with Gasteiger partial charge in [-0.1, -0.05) is 12.2 Å². The van der Waals surface area contributed by atoms with Gasteiger partial charge in [-0.15, -0.1) is 0 Å². The zero-order valence-electron chi connectivity index (χ0n) is 10.1. The number of piperidine rings is 1. The number of hydrogen-bond acceptors (Lipinski definition) is 3. The van der Waals surface area contributed by atoms with Crippen molar-refractivity contribution in [3.8, 4) is 0 Å². The van der Waals surface area contributed by atoms with Gasteiger partial charge in [-0.25, -0.2) is 4.39 Å². The van der Waals surface area contributed by atoms with E-state index in [0.29, 0.717) is 24.2 Å². The van der Waals surface area contributed by atoms with E-state index >= 15 is 0 Å². The lowest BCUT2D eigenvalue weighted by molar-refractivity contribution is 0.0663. The summed E-state index contributed by atoms with van der Waals surface area (Å²) in [6, 6.07) is 4.68. The van der Waals surface area contributed by atoms with Crippen LogP contribution in [0.3, 0.4) is 0 Å². The van der Waals surface area contributed by atoms with Gasteiger partial charge in [0.25, 0.3) is 0 Å². The highest BCUT2D eigenvalue weighted by Crippen LogP contribution is 2.17. The number of halogens is 1. The molecule has 2 rings (SSSR count). The lowest BCUT2D eigenvalue weighted by atomic mass is 10.1. The summed E-state index contributed by atoms with van der Waals surface area (Å²) in [4.78, 5) is 2.32. The fraction of sp³-hybridized carbons (Fsp3) is 0.462. The van der Waals surface area contributed by atoms with Crippen LogP contribution in [0.5, 0.6) is 0 Å². The molecule has 3 N–H and O–H groups in total. The largest absolute Gasteiger partial charge is 0.392 e.